The van der Waals surface area contributed by atoms with E-state index in [1.165, 1.54) is 29.7 Å². The molecule has 0 spiro atoms. The van der Waals surface area contributed by atoms with Crippen molar-refractivity contribution in [1.29, 1.82) is 0 Å². The molecule has 110 valence electrons. The first-order valence-electron chi connectivity index (χ1n) is 6.32. The van der Waals surface area contributed by atoms with Gasteiger partial charge in [0, 0.05) is 19.8 Å². The maximum atomic E-state index is 12.6. The van der Waals surface area contributed by atoms with Gasteiger partial charge in [-0.2, -0.15) is 4.31 Å². The molecule has 2 heterocycles. The number of nitrogens with zero attached hydrogens (tertiary/aromatic N) is 2. The predicted molar refractivity (Wildman–Crippen MR) is 74.8 cm³/mol. The van der Waals surface area contributed by atoms with Crippen LogP contribution in [0.1, 0.15) is 19.3 Å². The number of likely N-dealkylation sites (N-methyl/N-ethyl adjacent to an activating group) is 1. The molecule has 1 unspecified atom stereocenters. The molecule has 0 bridgehead atoms. The number of nitrogens with one attached hydrogen (secondary N) is 1. The number of carbonyl (C=O) groups excluding carboxylic acids is 1. The van der Waals surface area contributed by atoms with Gasteiger partial charge in [-0.1, -0.05) is 18.0 Å². The molecule has 1 aromatic heterocycles. The second kappa shape index (κ2) is 6.07. The van der Waals surface area contributed by atoms with E-state index in [2.05, 4.69) is 10.3 Å². The minimum Gasteiger partial charge on any atom is -0.358 e. The molecule has 0 radical (unpaired) electrons. The van der Waals surface area contributed by atoms with Crippen molar-refractivity contribution in [2.45, 2.75) is 30.2 Å². The Hall–Kier alpha value is -1.18. The highest BCUT2D eigenvalue weighted by molar-refractivity contribution is 7.89. The number of aromatic nitrogens is 1. The molecule has 1 atom stereocenters. The van der Waals surface area contributed by atoms with E-state index in [0.29, 0.717) is 13.0 Å². The van der Waals surface area contributed by atoms with Crippen LogP contribution in [0.2, 0.25) is 5.15 Å². The molecule has 0 aliphatic carbocycles. The Kier molecular flexibility index (Phi) is 4.62. The highest BCUT2D eigenvalue weighted by Gasteiger charge is 2.37. The third-order valence-electron chi connectivity index (χ3n) is 3.31. The number of carbonyl (C=O) groups is 1. The lowest BCUT2D eigenvalue weighted by molar-refractivity contribution is -0.125. The number of piperidine rings is 1. The summed E-state index contributed by atoms with van der Waals surface area (Å²) in [6.45, 7) is 0.334. The number of halogens is 1. The molecule has 1 amide bonds. The average molecular weight is 318 g/mol. The second-order valence-corrected chi connectivity index (χ2v) is 6.83. The quantitative estimate of drug-likeness (QED) is 0.844. The molecule has 20 heavy (non-hydrogen) atoms. The van der Waals surface area contributed by atoms with Crippen molar-refractivity contribution < 1.29 is 13.2 Å². The highest BCUT2D eigenvalue weighted by Crippen LogP contribution is 2.26. The first kappa shape index (κ1) is 15.2. The molecule has 8 heteroatoms. The summed E-state index contributed by atoms with van der Waals surface area (Å²) in [4.78, 5) is 15.7. The summed E-state index contributed by atoms with van der Waals surface area (Å²) in [6.07, 6.45) is 3.44. The van der Waals surface area contributed by atoms with Crippen molar-refractivity contribution in [3.63, 3.8) is 0 Å². The normalized spacial score (nSPS) is 20.6. The van der Waals surface area contributed by atoms with Crippen LogP contribution in [-0.2, 0) is 14.8 Å². The van der Waals surface area contributed by atoms with Gasteiger partial charge in [-0.15, -0.1) is 0 Å². The molecule has 1 aromatic rings. The van der Waals surface area contributed by atoms with Gasteiger partial charge < -0.3 is 5.32 Å². The topological polar surface area (TPSA) is 79.4 Å². The van der Waals surface area contributed by atoms with Gasteiger partial charge in [-0.3, -0.25) is 4.79 Å². The summed E-state index contributed by atoms with van der Waals surface area (Å²) in [5, 5.41) is 2.63. The van der Waals surface area contributed by atoms with E-state index in [1.54, 1.807) is 0 Å². The summed E-state index contributed by atoms with van der Waals surface area (Å²) in [7, 11) is -2.24. The zero-order valence-electron chi connectivity index (χ0n) is 11.0. The van der Waals surface area contributed by atoms with Crippen LogP contribution in [0.25, 0.3) is 0 Å². The lowest BCUT2D eigenvalue weighted by Crippen LogP contribution is -2.51. The van der Waals surface area contributed by atoms with E-state index in [0.717, 1.165) is 12.8 Å². The van der Waals surface area contributed by atoms with Crippen LogP contribution in [0.15, 0.2) is 23.2 Å². The van der Waals surface area contributed by atoms with Crippen LogP contribution in [-0.4, -0.2) is 43.2 Å². The Bertz CT molecular complexity index is 606. The van der Waals surface area contributed by atoms with Gasteiger partial charge in [0.05, 0.1) is 4.90 Å². The minimum absolute atomic E-state index is 0.0632. The fourth-order valence-corrected chi connectivity index (χ4v) is 4.21. The molecule has 2 rings (SSSR count). The Labute approximate surface area is 123 Å². The van der Waals surface area contributed by atoms with Crippen molar-refractivity contribution in [3.05, 3.63) is 23.5 Å². The predicted octanol–water partition coefficient (Wildman–Crippen LogP) is 1.02. The zero-order valence-corrected chi connectivity index (χ0v) is 12.6. The molecule has 6 nitrogen and oxygen atoms in total. The summed E-state index contributed by atoms with van der Waals surface area (Å²) < 4.78 is 26.5. The monoisotopic (exact) mass is 317 g/mol. The molecular weight excluding hydrogens is 302 g/mol. The third-order valence-corrected chi connectivity index (χ3v) is 5.42. The van der Waals surface area contributed by atoms with E-state index < -0.39 is 16.1 Å². The average Bonchev–Trinajstić information content (AvgIpc) is 2.46. The van der Waals surface area contributed by atoms with Crippen LogP contribution >= 0.6 is 11.6 Å². The molecule has 0 aromatic carbocycles. The fourth-order valence-electron chi connectivity index (χ4n) is 2.30. The van der Waals surface area contributed by atoms with E-state index in [4.69, 9.17) is 11.6 Å². The van der Waals surface area contributed by atoms with Gasteiger partial charge in [0.2, 0.25) is 15.9 Å². The Morgan fingerprint density at radius 2 is 2.25 bits per heavy atom. The van der Waals surface area contributed by atoms with Crippen molar-refractivity contribution in [1.82, 2.24) is 14.6 Å². The molecule has 1 fully saturated rings. The number of sulfonamides is 1. The van der Waals surface area contributed by atoms with Crippen LogP contribution in [0.4, 0.5) is 0 Å². The second-order valence-electron chi connectivity index (χ2n) is 4.56. The minimum atomic E-state index is -3.74. The Morgan fingerprint density at radius 1 is 1.50 bits per heavy atom. The first-order chi connectivity index (χ1) is 9.46. The fraction of sp³-hybridized carbons (Fsp3) is 0.500. The molecule has 1 aliphatic rings. The lowest BCUT2D eigenvalue weighted by atomic mass is 10.0. The summed E-state index contributed by atoms with van der Waals surface area (Å²) >= 11 is 5.74. The zero-order chi connectivity index (χ0) is 14.8. The number of hydrogen-bond donors (Lipinski definition) is 1. The molecule has 1 saturated heterocycles. The molecule has 1 aliphatic heterocycles. The third kappa shape index (κ3) is 2.94. The van der Waals surface area contributed by atoms with E-state index in [9.17, 15) is 13.2 Å². The van der Waals surface area contributed by atoms with Crippen LogP contribution in [0, 0.1) is 0 Å². The number of hydrogen-bond acceptors (Lipinski definition) is 4. The van der Waals surface area contributed by atoms with Crippen LogP contribution in [0.5, 0.6) is 0 Å². The van der Waals surface area contributed by atoms with Gasteiger partial charge >= 0.3 is 0 Å². The van der Waals surface area contributed by atoms with Gasteiger partial charge in [0.1, 0.15) is 11.2 Å². The largest absolute Gasteiger partial charge is 0.358 e. The molecule has 0 saturated carbocycles. The number of pyridine rings is 1. The van der Waals surface area contributed by atoms with Gasteiger partial charge in [0.25, 0.3) is 0 Å². The highest BCUT2D eigenvalue weighted by atomic mass is 35.5. The Balaban J connectivity index is 2.38. The summed E-state index contributed by atoms with van der Waals surface area (Å²) in [5.74, 6) is -0.284. The van der Waals surface area contributed by atoms with Gasteiger partial charge in [-0.05, 0) is 25.0 Å². The maximum absolute atomic E-state index is 12.6. The standard InChI is InChI=1S/C12H16ClN3O3S/c1-14-12(17)10-4-2-3-7-16(10)20(18,19)9-5-6-15-11(13)8-9/h5-6,8,10H,2-4,7H2,1H3,(H,14,17). The van der Waals surface area contributed by atoms with Gasteiger partial charge in [0.15, 0.2) is 0 Å². The van der Waals surface area contributed by atoms with Crippen molar-refractivity contribution >= 4 is 27.5 Å². The number of amides is 1. The van der Waals surface area contributed by atoms with Crippen molar-refractivity contribution in [2.75, 3.05) is 13.6 Å². The first-order valence-corrected chi connectivity index (χ1v) is 8.13. The Morgan fingerprint density at radius 3 is 2.90 bits per heavy atom. The van der Waals surface area contributed by atoms with Crippen molar-refractivity contribution in [3.8, 4) is 0 Å². The van der Waals surface area contributed by atoms with E-state index in [1.807, 2.05) is 0 Å². The van der Waals surface area contributed by atoms with Crippen molar-refractivity contribution in [2.24, 2.45) is 0 Å². The SMILES string of the molecule is CNC(=O)C1CCCCN1S(=O)(=O)c1ccnc(Cl)c1. The van der Waals surface area contributed by atoms with E-state index >= 15 is 0 Å². The molecular formula is C12H16ClN3O3S. The lowest BCUT2D eigenvalue weighted by Gasteiger charge is -2.33. The summed E-state index contributed by atoms with van der Waals surface area (Å²) in [6, 6.07) is 2.02. The van der Waals surface area contributed by atoms with Crippen LogP contribution in [0.3, 0.4) is 0 Å². The maximum Gasteiger partial charge on any atom is 0.243 e. The van der Waals surface area contributed by atoms with E-state index in [-0.39, 0.29) is 16.0 Å². The summed E-state index contributed by atoms with van der Waals surface area (Å²) in [5.41, 5.74) is 0. The van der Waals surface area contributed by atoms with Gasteiger partial charge in [-0.25, -0.2) is 13.4 Å². The molecule has 1 N–H and O–H groups in total. The van der Waals surface area contributed by atoms with Crippen LogP contribution < -0.4 is 5.32 Å². The number of rotatable bonds is 3. The smallest absolute Gasteiger partial charge is 0.243 e.